The van der Waals surface area contributed by atoms with Crippen molar-refractivity contribution < 1.29 is 22.7 Å². The van der Waals surface area contributed by atoms with Gasteiger partial charge in [0.1, 0.15) is 0 Å². The molecule has 1 aromatic heterocycles. The van der Waals surface area contributed by atoms with Crippen molar-refractivity contribution in [3.05, 3.63) is 23.8 Å². The number of halogens is 3. The lowest BCUT2D eigenvalue weighted by Gasteiger charge is -2.05. The van der Waals surface area contributed by atoms with Gasteiger partial charge in [-0.25, -0.2) is 9.97 Å². The van der Waals surface area contributed by atoms with Crippen LogP contribution in [-0.2, 0) is 22.1 Å². The lowest BCUT2D eigenvalue weighted by Crippen LogP contribution is -2.11. The predicted molar refractivity (Wildman–Crippen MR) is 52.0 cm³/mol. The van der Waals surface area contributed by atoms with Crippen molar-refractivity contribution in [2.45, 2.75) is 25.9 Å². The zero-order valence-corrected chi connectivity index (χ0v) is 9.12. The van der Waals surface area contributed by atoms with Gasteiger partial charge in [-0.05, 0) is 18.9 Å². The second kappa shape index (κ2) is 5.60. The van der Waals surface area contributed by atoms with E-state index in [1.807, 2.05) is 0 Å². The van der Waals surface area contributed by atoms with Gasteiger partial charge in [-0.2, -0.15) is 13.2 Å². The SMILES string of the molecule is CCOC(=O)CCc1cnc(C(F)(F)F)nc1. The molecule has 0 radical (unpaired) electrons. The van der Waals surface area contributed by atoms with E-state index in [9.17, 15) is 18.0 Å². The highest BCUT2D eigenvalue weighted by molar-refractivity contribution is 5.69. The third-order valence-electron chi connectivity index (χ3n) is 1.88. The molecular weight excluding hydrogens is 237 g/mol. The summed E-state index contributed by atoms with van der Waals surface area (Å²) in [6.07, 6.45) is -2.05. The Morgan fingerprint density at radius 3 is 2.41 bits per heavy atom. The van der Waals surface area contributed by atoms with E-state index in [2.05, 4.69) is 14.7 Å². The van der Waals surface area contributed by atoms with E-state index in [1.54, 1.807) is 6.92 Å². The van der Waals surface area contributed by atoms with Gasteiger partial charge in [0.05, 0.1) is 6.61 Å². The van der Waals surface area contributed by atoms with Crippen LogP contribution in [-0.4, -0.2) is 22.5 Å². The van der Waals surface area contributed by atoms with E-state index in [0.29, 0.717) is 5.56 Å². The summed E-state index contributed by atoms with van der Waals surface area (Å²) in [7, 11) is 0. The molecule has 1 rings (SSSR count). The third kappa shape index (κ3) is 4.38. The molecule has 0 bridgehead atoms. The topological polar surface area (TPSA) is 52.1 Å². The highest BCUT2D eigenvalue weighted by atomic mass is 19.4. The Bertz CT molecular complexity index is 376. The van der Waals surface area contributed by atoms with Crippen LogP contribution in [0.25, 0.3) is 0 Å². The minimum atomic E-state index is -4.54. The number of carbonyl (C=O) groups is 1. The van der Waals surface area contributed by atoms with Crippen molar-refractivity contribution in [1.82, 2.24) is 9.97 Å². The van der Waals surface area contributed by atoms with Gasteiger partial charge in [0.15, 0.2) is 0 Å². The Balaban J connectivity index is 2.54. The normalized spacial score (nSPS) is 11.3. The van der Waals surface area contributed by atoms with Crippen LogP contribution >= 0.6 is 0 Å². The van der Waals surface area contributed by atoms with Crippen molar-refractivity contribution >= 4 is 5.97 Å². The molecule has 94 valence electrons. The summed E-state index contributed by atoms with van der Waals surface area (Å²) < 4.78 is 41.1. The molecule has 0 aliphatic rings. The molecule has 1 heterocycles. The minimum absolute atomic E-state index is 0.0998. The number of aromatic nitrogens is 2. The first-order valence-corrected chi connectivity index (χ1v) is 4.97. The van der Waals surface area contributed by atoms with Gasteiger partial charge in [-0.15, -0.1) is 0 Å². The number of esters is 1. The number of aryl methyl sites for hydroxylation is 1. The van der Waals surface area contributed by atoms with E-state index in [1.165, 1.54) is 0 Å². The highest BCUT2D eigenvalue weighted by Gasteiger charge is 2.34. The van der Waals surface area contributed by atoms with Gasteiger partial charge < -0.3 is 4.74 Å². The maximum absolute atomic E-state index is 12.1. The molecule has 0 N–H and O–H groups in total. The molecule has 7 heteroatoms. The average Bonchev–Trinajstić information content (AvgIpc) is 2.26. The van der Waals surface area contributed by atoms with E-state index in [0.717, 1.165) is 12.4 Å². The van der Waals surface area contributed by atoms with E-state index in [-0.39, 0.29) is 19.4 Å². The molecular formula is C10H11F3N2O2. The highest BCUT2D eigenvalue weighted by Crippen LogP contribution is 2.25. The van der Waals surface area contributed by atoms with Crippen molar-refractivity contribution in [3.63, 3.8) is 0 Å². The first kappa shape index (κ1) is 13.4. The summed E-state index contributed by atoms with van der Waals surface area (Å²) in [6, 6.07) is 0. The fraction of sp³-hybridized carbons (Fsp3) is 0.500. The van der Waals surface area contributed by atoms with Gasteiger partial charge in [-0.3, -0.25) is 4.79 Å². The predicted octanol–water partition coefficient (Wildman–Crippen LogP) is 1.99. The average molecular weight is 248 g/mol. The molecule has 0 fully saturated rings. The van der Waals surface area contributed by atoms with E-state index in [4.69, 9.17) is 0 Å². The van der Waals surface area contributed by atoms with Gasteiger partial charge >= 0.3 is 12.1 Å². The summed E-state index contributed by atoms with van der Waals surface area (Å²) >= 11 is 0. The number of carbonyl (C=O) groups excluding carboxylic acids is 1. The summed E-state index contributed by atoms with van der Waals surface area (Å²) in [5.74, 6) is -1.58. The molecule has 0 saturated carbocycles. The number of rotatable bonds is 4. The summed E-state index contributed by atoms with van der Waals surface area (Å²) in [5, 5.41) is 0. The summed E-state index contributed by atoms with van der Waals surface area (Å²) in [4.78, 5) is 17.4. The first-order valence-electron chi connectivity index (χ1n) is 4.97. The Kier molecular flexibility index (Phi) is 4.42. The van der Waals surface area contributed by atoms with Crippen molar-refractivity contribution in [3.8, 4) is 0 Å². The van der Waals surface area contributed by atoms with Crippen molar-refractivity contribution in [1.29, 1.82) is 0 Å². The number of alkyl halides is 3. The van der Waals surface area contributed by atoms with Gasteiger partial charge in [0.2, 0.25) is 5.82 Å². The molecule has 4 nitrogen and oxygen atoms in total. The smallest absolute Gasteiger partial charge is 0.451 e. The van der Waals surface area contributed by atoms with E-state index >= 15 is 0 Å². The second-order valence-corrected chi connectivity index (χ2v) is 3.22. The monoisotopic (exact) mass is 248 g/mol. The summed E-state index contributed by atoms with van der Waals surface area (Å²) in [6.45, 7) is 1.96. The molecule has 0 unspecified atom stereocenters. The van der Waals surface area contributed by atoms with Crippen molar-refractivity contribution in [2.24, 2.45) is 0 Å². The number of hydrogen-bond acceptors (Lipinski definition) is 4. The number of ether oxygens (including phenoxy) is 1. The largest absolute Gasteiger partial charge is 0.466 e. The third-order valence-corrected chi connectivity index (χ3v) is 1.88. The fourth-order valence-electron chi connectivity index (χ4n) is 1.11. The quantitative estimate of drug-likeness (QED) is 0.764. The fourth-order valence-corrected chi connectivity index (χ4v) is 1.11. The van der Waals surface area contributed by atoms with Crippen LogP contribution in [0.2, 0.25) is 0 Å². The number of hydrogen-bond donors (Lipinski definition) is 0. The zero-order valence-electron chi connectivity index (χ0n) is 9.12. The Hall–Kier alpha value is -1.66. The van der Waals surface area contributed by atoms with Crippen molar-refractivity contribution in [2.75, 3.05) is 6.61 Å². The Labute approximate surface area is 95.8 Å². The van der Waals surface area contributed by atoms with Crippen LogP contribution < -0.4 is 0 Å². The van der Waals surface area contributed by atoms with Crippen LogP contribution in [0.1, 0.15) is 24.7 Å². The first-order chi connectivity index (χ1) is 7.93. The molecule has 0 aliphatic heterocycles. The van der Waals surface area contributed by atoms with Gasteiger partial charge in [0.25, 0.3) is 0 Å². The van der Waals surface area contributed by atoms with Crippen LogP contribution in [0.15, 0.2) is 12.4 Å². The molecule has 0 amide bonds. The Morgan fingerprint density at radius 1 is 1.35 bits per heavy atom. The molecule has 0 spiro atoms. The standard InChI is InChI=1S/C10H11F3N2O2/c1-2-17-8(16)4-3-7-5-14-9(15-6-7)10(11,12)13/h5-6H,2-4H2,1H3. The number of nitrogens with zero attached hydrogens (tertiary/aromatic N) is 2. The molecule has 0 atom stereocenters. The molecule has 1 aromatic rings. The lowest BCUT2D eigenvalue weighted by atomic mass is 10.2. The van der Waals surface area contributed by atoms with E-state index < -0.39 is 18.0 Å². The van der Waals surface area contributed by atoms with Crippen LogP contribution in [0.5, 0.6) is 0 Å². The minimum Gasteiger partial charge on any atom is -0.466 e. The molecule has 0 saturated heterocycles. The van der Waals surface area contributed by atoms with Crippen LogP contribution in [0.4, 0.5) is 13.2 Å². The maximum Gasteiger partial charge on any atom is 0.451 e. The lowest BCUT2D eigenvalue weighted by molar-refractivity contribution is -0.145. The zero-order chi connectivity index (χ0) is 12.9. The van der Waals surface area contributed by atoms with Gasteiger partial charge in [-0.1, -0.05) is 0 Å². The molecule has 17 heavy (non-hydrogen) atoms. The Morgan fingerprint density at radius 2 is 1.94 bits per heavy atom. The van der Waals surface area contributed by atoms with Gasteiger partial charge in [0, 0.05) is 18.8 Å². The molecule has 0 aromatic carbocycles. The maximum atomic E-state index is 12.1. The molecule has 0 aliphatic carbocycles. The van der Waals surface area contributed by atoms with Crippen LogP contribution in [0.3, 0.4) is 0 Å². The summed E-state index contributed by atoms with van der Waals surface area (Å²) in [5.41, 5.74) is 0.464. The second-order valence-electron chi connectivity index (χ2n) is 3.22. The van der Waals surface area contributed by atoms with Crippen LogP contribution in [0, 0.1) is 0 Å².